The summed E-state index contributed by atoms with van der Waals surface area (Å²) in [5.74, 6) is 0.564. The molecule has 0 amide bonds. The number of benzene rings is 1. The minimum Gasteiger partial charge on any atom is -0.0843 e. The molecule has 60 valence electrons. The molecule has 0 nitrogen and oxygen atoms in total. The van der Waals surface area contributed by atoms with Crippen molar-refractivity contribution in [1.29, 1.82) is 0 Å². The number of aryl methyl sites for hydroxylation is 1. The highest BCUT2D eigenvalue weighted by molar-refractivity contribution is 6.30. The van der Waals surface area contributed by atoms with Crippen LogP contribution in [0, 0.1) is 6.92 Å². The smallest absolute Gasteiger partial charge is 0.0409 e. The maximum Gasteiger partial charge on any atom is 0.0409 e. The molecule has 0 fully saturated rings. The molecule has 11 heavy (non-hydrogen) atoms. The molecule has 0 aliphatic carbocycles. The van der Waals surface area contributed by atoms with Gasteiger partial charge in [0, 0.05) is 5.02 Å². The van der Waals surface area contributed by atoms with Gasteiger partial charge in [-0.15, -0.1) is 0 Å². The lowest BCUT2D eigenvalue weighted by atomic mass is 9.98. The van der Waals surface area contributed by atoms with Crippen LogP contribution < -0.4 is 0 Å². The highest BCUT2D eigenvalue weighted by atomic mass is 35.5. The maximum atomic E-state index is 5.86. The zero-order chi connectivity index (χ0) is 8.43. The summed E-state index contributed by atoms with van der Waals surface area (Å²) in [4.78, 5) is 0. The second-order valence-corrected chi connectivity index (χ2v) is 3.59. The summed E-state index contributed by atoms with van der Waals surface area (Å²) in [6, 6.07) is 6.04. The van der Waals surface area contributed by atoms with E-state index in [2.05, 4.69) is 26.8 Å². The van der Waals surface area contributed by atoms with Crippen molar-refractivity contribution >= 4 is 11.6 Å². The minimum absolute atomic E-state index is 0.564. The Labute approximate surface area is 73.2 Å². The minimum atomic E-state index is 0.564. The molecule has 0 aromatic heterocycles. The van der Waals surface area contributed by atoms with E-state index >= 15 is 0 Å². The summed E-state index contributed by atoms with van der Waals surface area (Å²) >= 11 is 5.86. The van der Waals surface area contributed by atoms with Gasteiger partial charge in [0.25, 0.3) is 0 Å². The summed E-state index contributed by atoms with van der Waals surface area (Å²) in [6.07, 6.45) is 0. The molecule has 0 spiro atoms. The molecule has 0 radical (unpaired) electrons. The lowest BCUT2D eigenvalue weighted by Crippen LogP contribution is -1.90. The van der Waals surface area contributed by atoms with E-state index in [1.807, 2.05) is 12.1 Å². The van der Waals surface area contributed by atoms with Gasteiger partial charge >= 0.3 is 0 Å². The Morgan fingerprint density at radius 2 is 1.91 bits per heavy atom. The third kappa shape index (κ3) is 1.97. The summed E-state index contributed by atoms with van der Waals surface area (Å²) in [6.45, 7) is 6.48. The van der Waals surface area contributed by atoms with Crippen molar-refractivity contribution in [3.8, 4) is 0 Å². The fourth-order valence-electron chi connectivity index (χ4n) is 1.23. The van der Waals surface area contributed by atoms with Crippen LogP contribution in [-0.2, 0) is 0 Å². The molecule has 0 atom stereocenters. The Kier molecular flexibility index (Phi) is 2.56. The van der Waals surface area contributed by atoms with Crippen LogP contribution in [0.2, 0.25) is 5.02 Å². The van der Waals surface area contributed by atoms with Gasteiger partial charge in [-0.05, 0) is 36.1 Å². The van der Waals surface area contributed by atoms with Crippen LogP contribution in [0.1, 0.15) is 30.9 Å². The molecule has 0 aliphatic rings. The van der Waals surface area contributed by atoms with Crippen molar-refractivity contribution in [3.63, 3.8) is 0 Å². The fourth-order valence-corrected chi connectivity index (χ4v) is 1.41. The van der Waals surface area contributed by atoms with E-state index < -0.39 is 0 Å². The summed E-state index contributed by atoms with van der Waals surface area (Å²) in [5.41, 5.74) is 2.67. The summed E-state index contributed by atoms with van der Waals surface area (Å²) < 4.78 is 0. The zero-order valence-electron chi connectivity index (χ0n) is 7.19. The van der Waals surface area contributed by atoms with Gasteiger partial charge in [0.2, 0.25) is 0 Å². The first-order valence-electron chi connectivity index (χ1n) is 3.87. The average Bonchev–Trinajstić information content (AvgIpc) is 1.94. The Morgan fingerprint density at radius 1 is 1.27 bits per heavy atom. The van der Waals surface area contributed by atoms with Crippen molar-refractivity contribution in [2.45, 2.75) is 26.7 Å². The van der Waals surface area contributed by atoms with Crippen molar-refractivity contribution in [2.24, 2.45) is 0 Å². The fraction of sp³-hybridized carbons (Fsp3) is 0.400. The van der Waals surface area contributed by atoms with E-state index in [-0.39, 0.29) is 0 Å². The second-order valence-electron chi connectivity index (χ2n) is 3.16. The molecule has 0 N–H and O–H groups in total. The third-order valence-corrected chi connectivity index (χ3v) is 2.10. The zero-order valence-corrected chi connectivity index (χ0v) is 7.94. The van der Waals surface area contributed by atoms with Gasteiger partial charge in [-0.3, -0.25) is 0 Å². The van der Waals surface area contributed by atoms with Crippen molar-refractivity contribution < 1.29 is 0 Å². The quantitative estimate of drug-likeness (QED) is 0.599. The molecule has 1 aromatic carbocycles. The Balaban J connectivity index is 3.13. The Bertz CT molecular complexity index is 251. The third-order valence-electron chi connectivity index (χ3n) is 1.86. The van der Waals surface area contributed by atoms with Gasteiger partial charge in [-0.2, -0.15) is 0 Å². The summed E-state index contributed by atoms with van der Waals surface area (Å²) in [7, 11) is 0. The van der Waals surface area contributed by atoms with E-state index in [1.165, 1.54) is 11.1 Å². The van der Waals surface area contributed by atoms with Gasteiger partial charge < -0.3 is 0 Å². The summed E-state index contributed by atoms with van der Waals surface area (Å²) in [5, 5.41) is 0.833. The molecule has 0 heterocycles. The van der Waals surface area contributed by atoms with Crippen molar-refractivity contribution in [2.75, 3.05) is 0 Å². The highest BCUT2D eigenvalue weighted by Gasteiger charge is 2.02. The number of halogens is 1. The molecule has 1 heteroatoms. The predicted molar refractivity (Wildman–Crippen MR) is 50.3 cm³/mol. The normalized spacial score (nSPS) is 10.6. The first-order valence-corrected chi connectivity index (χ1v) is 4.25. The van der Waals surface area contributed by atoms with Crippen LogP contribution in [0.5, 0.6) is 0 Å². The van der Waals surface area contributed by atoms with Crippen LogP contribution in [0.25, 0.3) is 0 Å². The largest absolute Gasteiger partial charge is 0.0843 e. The van der Waals surface area contributed by atoms with E-state index in [9.17, 15) is 0 Å². The van der Waals surface area contributed by atoms with Crippen LogP contribution in [0.15, 0.2) is 18.2 Å². The first kappa shape index (κ1) is 8.61. The van der Waals surface area contributed by atoms with Crippen LogP contribution in [0.4, 0.5) is 0 Å². The van der Waals surface area contributed by atoms with Crippen LogP contribution in [-0.4, -0.2) is 0 Å². The van der Waals surface area contributed by atoms with Gasteiger partial charge in [0.15, 0.2) is 0 Å². The van der Waals surface area contributed by atoms with Gasteiger partial charge in [-0.25, -0.2) is 0 Å². The standard InChI is InChI=1S/C10H13Cl/c1-7(2)10-6-9(11)5-4-8(10)3/h4-7H,1-3H3. The average molecular weight is 169 g/mol. The highest BCUT2D eigenvalue weighted by Crippen LogP contribution is 2.22. The molecule has 1 aromatic rings. The van der Waals surface area contributed by atoms with Gasteiger partial charge in [0.05, 0.1) is 0 Å². The van der Waals surface area contributed by atoms with E-state index in [0.29, 0.717) is 5.92 Å². The predicted octanol–water partition coefficient (Wildman–Crippen LogP) is 3.77. The lowest BCUT2D eigenvalue weighted by Gasteiger charge is -2.08. The molecule has 0 bridgehead atoms. The topological polar surface area (TPSA) is 0 Å². The van der Waals surface area contributed by atoms with Crippen molar-refractivity contribution in [3.05, 3.63) is 34.3 Å². The van der Waals surface area contributed by atoms with Gasteiger partial charge in [0.1, 0.15) is 0 Å². The number of hydrogen-bond donors (Lipinski definition) is 0. The van der Waals surface area contributed by atoms with E-state index in [4.69, 9.17) is 11.6 Å². The van der Waals surface area contributed by atoms with Crippen molar-refractivity contribution in [1.82, 2.24) is 0 Å². The first-order chi connectivity index (χ1) is 5.11. The molecular formula is C10H13Cl. The monoisotopic (exact) mass is 168 g/mol. The maximum absolute atomic E-state index is 5.86. The number of hydrogen-bond acceptors (Lipinski definition) is 0. The Hall–Kier alpha value is -0.490. The lowest BCUT2D eigenvalue weighted by molar-refractivity contribution is 0.857. The molecule has 0 saturated heterocycles. The molecule has 0 aliphatic heterocycles. The van der Waals surface area contributed by atoms with Crippen LogP contribution in [0.3, 0.4) is 0 Å². The molecule has 1 rings (SSSR count). The van der Waals surface area contributed by atoms with E-state index in [1.54, 1.807) is 0 Å². The molecule has 0 saturated carbocycles. The molecular weight excluding hydrogens is 156 g/mol. The second kappa shape index (κ2) is 3.27. The molecule has 0 unspecified atom stereocenters. The number of rotatable bonds is 1. The SMILES string of the molecule is Cc1ccc(Cl)cc1C(C)C. The Morgan fingerprint density at radius 3 is 2.36 bits per heavy atom. The van der Waals surface area contributed by atoms with Gasteiger partial charge in [-0.1, -0.05) is 31.5 Å². The van der Waals surface area contributed by atoms with Crippen LogP contribution >= 0.6 is 11.6 Å². The van der Waals surface area contributed by atoms with E-state index in [0.717, 1.165) is 5.02 Å².